The van der Waals surface area contributed by atoms with E-state index in [-0.39, 0.29) is 11.8 Å². The Morgan fingerprint density at radius 2 is 1.87 bits per heavy atom. The zero-order valence-corrected chi connectivity index (χ0v) is 9.74. The molecule has 1 aromatic rings. The van der Waals surface area contributed by atoms with Crippen LogP contribution in [-0.2, 0) is 9.84 Å². The predicted octanol–water partition coefficient (Wildman–Crippen LogP) is 2.14. The van der Waals surface area contributed by atoms with E-state index in [1.165, 1.54) is 0 Å². The van der Waals surface area contributed by atoms with Crippen molar-refractivity contribution in [3.05, 3.63) is 30.3 Å². The van der Waals surface area contributed by atoms with E-state index in [0.717, 1.165) is 0 Å². The van der Waals surface area contributed by atoms with Crippen LogP contribution in [0.4, 0.5) is 0 Å². The van der Waals surface area contributed by atoms with Gasteiger partial charge in [0.05, 0.1) is 4.90 Å². The largest absolute Gasteiger partial charge is 0.281 e. The van der Waals surface area contributed by atoms with Crippen LogP contribution in [0, 0.1) is 5.92 Å². The lowest BCUT2D eigenvalue weighted by atomic mass is 10.3. The fourth-order valence-corrected chi connectivity index (χ4v) is 2.06. The smallest absolute Gasteiger partial charge is 0.198 e. The molecule has 3 nitrogen and oxygen atoms in total. The second-order valence-electron chi connectivity index (χ2n) is 3.63. The number of aliphatic imine (C=N–C) groups is 1. The maximum Gasteiger partial charge on any atom is 0.198 e. The number of sulfone groups is 1. The molecule has 0 aromatic heterocycles. The standard InChI is InChI=1S/C11H15NO2S/c1-10(2)8-12-9-15(13,14)11-6-4-3-5-7-11/h3-8,10H,9H2,1-2H3. The van der Waals surface area contributed by atoms with Crippen LogP contribution in [0.5, 0.6) is 0 Å². The maximum absolute atomic E-state index is 11.7. The number of hydrogen-bond acceptors (Lipinski definition) is 3. The van der Waals surface area contributed by atoms with Gasteiger partial charge < -0.3 is 0 Å². The van der Waals surface area contributed by atoms with Gasteiger partial charge in [-0.3, -0.25) is 4.99 Å². The van der Waals surface area contributed by atoms with Crippen LogP contribution in [0.15, 0.2) is 40.2 Å². The van der Waals surface area contributed by atoms with Crippen molar-refractivity contribution in [3.8, 4) is 0 Å². The number of nitrogens with zero attached hydrogens (tertiary/aromatic N) is 1. The Hall–Kier alpha value is -1.16. The van der Waals surface area contributed by atoms with Crippen molar-refractivity contribution < 1.29 is 8.42 Å². The van der Waals surface area contributed by atoms with Crippen LogP contribution in [0.25, 0.3) is 0 Å². The van der Waals surface area contributed by atoms with Gasteiger partial charge in [-0.1, -0.05) is 32.0 Å². The molecule has 0 aliphatic heterocycles. The monoisotopic (exact) mass is 225 g/mol. The van der Waals surface area contributed by atoms with Crippen LogP contribution in [0.1, 0.15) is 13.8 Å². The first-order chi connectivity index (χ1) is 7.02. The highest BCUT2D eigenvalue weighted by Crippen LogP contribution is 2.09. The SMILES string of the molecule is CC(C)C=NCS(=O)(=O)c1ccccc1. The van der Waals surface area contributed by atoms with E-state index in [2.05, 4.69) is 4.99 Å². The van der Waals surface area contributed by atoms with Gasteiger partial charge in [0.1, 0.15) is 5.88 Å². The highest BCUT2D eigenvalue weighted by Gasteiger charge is 2.11. The van der Waals surface area contributed by atoms with Gasteiger partial charge in [-0.15, -0.1) is 0 Å². The summed E-state index contributed by atoms with van der Waals surface area (Å²) in [5.74, 6) is 0.103. The molecule has 0 aliphatic rings. The van der Waals surface area contributed by atoms with Crippen molar-refractivity contribution in [1.29, 1.82) is 0 Å². The number of hydrogen-bond donors (Lipinski definition) is 0. The molecular weight excluding hydrogens is 210 g/mol. The van der Waals surface area contributed by atoms with Crippen molar-refractivity contribution in [3.63, 3.8) is 0 Å². The van der Waals surface area contributed by atoms with E-state index < -0.39 is 9.84 Å². The molecule has 0 saturated carbocycles. The molecule has 0 radical (unpaired) electrons. The van der Waals surface area contributed by atoms with Crippen molar-refractivity contribution in [2.75, 3.05) is 5.88 Å². The van der Waals surface area contributed by atoms with Gasteiger partial charge in [0, 0.05) is 6.21 Å². The molecule has 0 heterocycles. The van der Waals surface area contributed by atoms with Crippen LogP contribution in [0.2, 0.25) is 0 Å². The van der Waals surface area contributed by atoms with E-state index in [1.54, 1.807) is 36.5 Å². The molecule has 15 heavy (non-hydrogen) atoms. The Bertz CT molecular complexity index is 421. The van der Waals surface area contributed by atoms with E-state index in [9.17, 15) is 8.42 Å². The third-order valence-electron chi connectivity index (χ3n) is 1.75. The Morgan fingerprint density at radius 3 is 2.40 bits per heavy atom. The van der Waals surface area contributed by atoms with Crippen molar-refractivity contribution in [2.45, 2.75) is 18.7 Å². The molecule has 1 rings (SSSR count). The fraction of sp³-hybridized carbons (Fsp3) is 0.364. The zero-order valence-electron chi connectivity index (χ0n) is 8.92. The highest BCUT2D eigenvalue weighted by atomic mass is 32.2. The fourth-order valence-electron chi connectivity index (χ4n) is 1.05. The number of rotatable bonds is 4. The summed E-state index contributed by atoms with van der Waals surface area (Å²) in [6.07, 6.45) is 1.65. The Morgan fingerprint density at radius 1 is 1.27 bits per heavy atom. The Labute approximate surface area is 90.8 Å². The third-order valence-corrected chi connectivity index (χ3v) is 3.23. The molecule has 0 fully saturated rings. The summed E-state index contributed by atoms with van der Waals surface area (Å²) in [5, 5.41) is 0. The predicted molar refractivity (Wildman–Crippen MR) is 61.8 cm³/mol. The van der Waals surface area contributed by atoms with E-state index >= 15 is 0 Å². The summed E-state index contributed by atoms with van der Waals surface area (Å²) in [7, 11) is -3.25. The third kappa shape index (κ3) is 3.83. The maximum atomic E-state index is 11.7. The van der Waals surface area contributed by atoms with Crippen molar-refractivity contribution >= 4 is 16.1 Å². The van der Waals surface area contributed by atoms with Crippen LogP contribution in [0.3, 0.4) is 0 Å². The first-order valence-electron chi connectivity index (χ1n) is 4.80. The van der Waals surface area contributed by atoms with E-state index in [4.69, 9.17) is 0 Å². The second-order valence-corrected chi connectivity index (χ2v) is 5.59. The van der Waals surface area contributed by atoms with Crippen LogP contribution < -0.4 is 0 Å². The molecule has 0 unspecified atom stereocenters. The van der Waals surface area contributed by atoms with Gasteiger partial charge >= 0.3 is 0 Å². The lowest BCUT2D eigenvalue weighted by Crippen LogP contribution is -2.05. The summed E-state index contributed by atoms with van der Waals surface area (Å²) >= 11 is 0. The van der Waals surface area contributed by atoms with E-state index in [1.807, 2.05) is 13.8 Å². The van der Waals surface area contributed by atoms with Gasteiger partial charge in [0.15, 0.2) is 9.84 Å². The quantitative estimate of drug-likeness (QED) is 0.737. The summed E-state index contributed by atoms with van der Waals surface area (Å²) < 4.78 is 23.4. The minimum Gasteiger partial charge on any atom is -0.281 e. The molecule has 82 valence electrons. The van der Waals surface area contributed by atoms with Crippen molar-refractivity contribution in [1.82, 2.24) is 0 Å². The molecule has 0 bridgehead atoms. The topological polar surface area (TPSA) is 46.5 Å². The molecule has 4 heteroatoms. The van der Waals surface area contributed by atoms with Gasteiger partial charge in [0.25, 0.3) is 0 Å². The van der Waals surface area contributed by atoms with Gasteiger partial charge in [-0.25, -0.2) is 8.42 Å². The normalized spacial score (nSPS) is 12.5. The molecule has 0 N–H and O–H groups in total. The summed E-state index contributed by atoms with van der Waals surface area (Å²) in [6.45, 7) is 3.91. The van der Waals surface area contributed by atoms with Gasteiger partial charge in [-0.2, -0.15) is 0 Å². The number of benzene rings is 1. The first-order valence-corrected chi connectivity index (χ1v) is 6.45. The molecule has 0 aliphatic carbocycles. The van der Waals surface area contributed by atoms with Crippen LogP contribution >= 0.6 is 0 Å². The summed E-state index contributed by atoms with van der Waals surface area (Å²) in [4.78, 5) is 4.23. The molecule has 0 amide bonds. The first kappa shape index (κ1) is 11.9. The molecular formula is C11H15NO2S. The Kier molecular flexibility index (Phi) is 4.03. The summed E-state index contributed by atoms with van der Waals surface area (Å²) in [5.41, 5.74) is 0. The lowest BCUT2D eigenvalue weighted by molar-refractivity contribution is 0.596. The van der Waals surface area contributed by atoms with Gasteiger partial charge in [-0.05, 0) is 18.1 Å². The summed E-state index contributed by atoms with van der Waals surface area (Å²) in [6, 6.07) is 8.37. The minimum absolute atomic E-state index is 0.171. The average Bonchev–Trinajstić information content (AvgIpc) is 2.18. The lowest BCUT2D eigenvalue weighted by Gasteiger charge is -2.00. The average molecular weight is 225 g/mol. The minimum atomic E-state index is -3.25. The van der Waals surface area contributed by atoms with Crippen LogP contribution in [-0.4, -0.2) is 20.5 Å². The highest BCUT2D eigenvalue weighted by molar-refractivity contribution is 7.91. The molecule has 0 spiro atoms. The molecule has 0 saturated heterocycles. The van der Waals surface area contributed by atoms with Crippen molar-refractivity contribution in [2.24, 2.45) is 10.9 Å². The molecule has 1 aromatic carbocycles. The molecule has 0 atom stereocenters. The Balaban J connectivity index is 2.78. The second kappa shape index (κ2) is 5.07. The van der Waals surface area contributed by atoms with Gasteiger partial charge in [0.2, 0.25) is 0 Å². The zero-order chi connectivity index (χ0) is 11.3. The van der Waals surface area contributed by atoms with E-state index in [0.29, 0.717) is 4.90 Å².